The smallest absolute Gasteiger partial charge is 0.340 e. The molecule has 3 unspecified atom stereocenters. The summed E-state index contributed by atoms with van der Waals surface area (Å²) >= 11 is 0. The van der Waals surface area contributed by atoms with Crippen LogP contribution in [0.2, 0.25) is 0 Å². The van der Waals surface area contributed by atoms with Gasteiger partial charge in [-0.15, -0.1) is 0 Å². The van der Waals surface area contributed by atoms with E-state index in [1.165, 1.54) is 32.8 Å². The van der Waals surface area contributed by atoms with Gasteiger partial charge in [0.05, 0.1) is 12.7 Å². The molecule has 20 heavy (non-hydrogen) atoms. The number of esters is 1. The summed E-state index contributed by atoms with van der Waals surface area (Å²) < 4.78 is 4.80. The van der Waals surface area contributed by atoms with E-state index in [1.54, 1.807) is 0 Å². The number of carbonyl (C=O) groups is 1. The van der Waals surface area contributed by atoms with Gasteiger partial charge in [0.1, 0.15) is 0 Å². The van der Waals surface area contributed by atoms with E-state index in [9.17, 15) is 4.79 Å². The third kappa shape index (κ3) is 2.23. The van der Waals surface area contributed by atoms with Gasteiger partial charge in [-0.3, -0.25) is 0 Å². The Balaban J connectivity index is 1.83. The highest BCUT2D eigenvalue weighted by Gasteiger charge is 2.39. The van der Waals surface area contributed by atoms with Crippen molar-refractivity contribution in [1.82, 2.24) is 0 Å². The van der Waals surface area contributed by atoms with Gasteiger partial charge in [0, 0.05) is 17.4 Å². The van der Waals surface area contributed by atoms with Gasteiger partial charge in [0.25, 0.3) is 0 Å². The highest BCUT2D eigenvalue weighted by atomic mass is 16.5. The Kier molecular flexibility index (Phi) is 3.32. The number of nitrogens with one attached hydrogen (secondary N) is 1. The molecule has 3 N–H and O–H groups in total. The minimum Gasteiger partial charge on any atom is -0.465 e. The number of nitrogens with two attached hydrogens (primary N) is 1. The molecule has 108 valence electrons. The lowest BCUT2D eigenvalue weighted by Gasteiger charge is -2.24. The zero-order chi connectivity index (χ0) is 14.3. The molecular formula is C16H22N2O2. The summed E-state index contributed by atoms with van der Waals surface area (Å²) in [7, 11) is 1.38. The zero-order valence-corrected chi connectivity index (χ0v) is 12.1. The molecule has 2 fully saturated rings. The molecule has 4 heteroatoms. The van der Waals surface area contributed by atoms with Gasteiger partial charge in [-0.2, -0.15) is 0 Å². The molecule has 2 aliphatic rings. The molecule has 0 spiro atoms. The highest BCUT2D eigenvalue weighted by molar-refractivity contribution is 5.97. The van der Waals surface area contributed by atoms with E-state index < -0.39 is 0 Å². The first-order valence-electron chi connectivity index (χ1n) is 7.33. The van der Waals surface area contributed by atoms with Gasteiger partial charge in [-0.25, -0.2) is 4.79 Å². The van der Waals surface area contributed by atoms with Crippen LogP contribution in [0.3, 0.4) is 0 Å². The highest BCUT2D eigenvalue weighted by Crippen LogP contribution is 2.45. The molecule has 4 nitrogen and oxygen atoms in total. The normalized spacial score (nSPS) is 27.6. The number of hydrogen-bond donors (Lipinski definition) is 2. The van der Waals surface area contributed by atoms with Crippen molar-refractivity contribution in [3.8, 4) is 0 Å². The largest absolute Gasteiger partial charge is 0.465 e. The maximum Gasteiger partial charge on any atom is 0.340 e. The van der Waals surface area contributed by atoms with Crippen LogP contribution in [0.1, 0.15) is 41.6 Å². The number of carbonyl (C=O) groups excluding carboxylic acids is 1. The molecule has 2 aliphatic carbocycles. The van der Waals surface area contributed by atoms with Crippen molar-refractivity contribution in [2.75, 3.05) is 18.2 Å². The lowest BCUT2D eigenvalue weighted by Crippen LogP contribution is -2.26. The molecule has 3 rings (SSSR count). The lowest BCUT2D eigenvalue weighted by molar-refractivity contribution is 0.0602. The van der Waals surface area contributed by atoms with Gasteiger partial charge in [0.15, 0.2) is 0 Å². The maximum absolute atomic E-state index is 11.8. The van der Waals surface area contributed by atoms with Crippen LogP contribution < -0.4 is 11.1 Å². The monoisotopic (exact) mass is 274 g/mol. The van der Waals surface area contributed by atoms with Crippen molar-refractivity contribution >= 4 is 17.3 Å². The molecule has 1 aromatic carbocycles. The number of nitrogen functional groups attached to an aromatic ring is 1. The topological polar surface area (TPSA) is 64.3 Å². The molecule has 0 radical (unpaired) electrons. The van der Waals surface area contributed by atoms with Crippen molar-refractivity contribution in [2.24, 2.45) is 11.8 Å². The maximum atomic E-state index is 11.8. The third-order valence-corrected chi connectivity index (χ3v) is 4.88. The first kappa shape index (κ1) is 13.3. The standard InChI is InChI=1S/C16H22N2O2/c1-9-5-12(8-13(15(9)17)16(19)20-2)18-14-7-10-3-4-11(14)6-10/h5,8,10-11,14,18H,3-4,6-7,17H2,1-2H3. The Bertz CT molecular complexity index is 542. The van der Waals surface area contributed by atoms with Crippen LogP contribution in [0.5, 0.6) is 0 Å². The van der Waals surface area contributed by atoms with Crippen LogP contribution in [0.4, 0.5) is 11.4 Å². The summed E-state index contributed by atoms with van der Waals surface area (Å²) in [4.78, 5) is 11.8. The first-order chi connectivity index (χ1) is 9.58. The van der Waals surface area contributed by atoms with E-state index in [-0.39, 0.29) is 5.97 Å². The molecular weight excluding hydrogens is 252 g/mol. The van der Waals surface area contributed by atoms with Crippen molar-refractivity contribution in [3.63, 3.8) is 0 Å². The first-order valence-corrected chi connectivity index (χ1v) is 7.33. The van der Waals surface area contributed by atoms with Gasteiger partial charge < -0.3 is 15.8 Å². The number of ether oxygens (including phenoxy) is 1. The van der Waals surface area contributed by atoms with Crippen LogP contribution in [0.25, 0.3) is 0 Å². The molecule has 2 saturated carbocycles. The van der Waals surface area contributed by atoms with Crippen LogP contribution in [-0.2, 0) is 4.74 Å². The predicted molar refractivity (Wildman–Crippen MR) is 79.8 cm³/mol. The van der Waals surface area contributed by atoms with Crippen molar-refractivity contribution in [3.05, 3.63) is 23.3 Å². The predicted octanol–water partition coefficient (Wildman–Crippen LogP) is 2.96. The number of benzene rings is 1. The van der Waals surface area contributed by atoms with Crippen molar-refractivity contribution in [1.29, 1.82) is 0 Å². The second kappa shape index (κ2) is 5.00. The molecule has 0 saturated heterocycles. The Morgan fingerprint density at radius 1 is 1.35 bits per heavy atom. The molecule has 1 aromatic rings. The fourth-order valence-electron chi connectivity index (χ4n) is 3.80. The second-order valence-electron chi connectivity index (χ2n) is 6.17. The number of aryl methyl sites for hydroxylation is 1. The van der Waals surface area contributed by atoms with E-state index in [1.807, 2.05) is 19.1 Å². The summed E-state index contributed by atoms with van der Waals surface area (Å²) in [5, 5.41) is 3.60. The van der Waals surface area contributed by atoms with E-state index in [0.29, 0.717) is 17.3 Å². The average molecular weight is 274 g/mol. The second-order valence-corrected chi connectivity index (χ2v) is 6.17. The van der Waals surface area contributed by atoms with Gasteiger partial charge >= 0.3 is 5.97 Å². The Hall–Kier alpha value is -1.71. The third-order valence-electron chi connectivity index (χ3n) is 4.88. The molecule has 2 bridgehead atoms. The number of hydrogen-bond acceptors (Lipinski definition) is 4. The van der Waals surface area contributed by atoms with Crippen LogP contribution >= 0.6 is 0 Å². The summed E-state index contributed by atoms with van der Waals surface area (Å²) in [6.45, 7) is 1.92. The molecule has 0 heterocycles. The van der Waals surface area contributed by atoms with Crippen LogP contribution in [0.15, 0.2) is 12.1 Å². The average Bonchev–Trinajstić information content (AvgIpc) is 3.04. The lowest BCUT2D eigenvalue weighted by atomic mass is 9.95. The molecule has 3 atom stereocenters. The molecule has 0 amide bonds. The summed E-state index contributed by atoms with van der Waals surface area (Å²) in [5.41, 5.74) is 8.83. The minimum absolute atomic E-state index is 0.373. The Morgan fingerprint density at radius 3 is 2.75 bits per heavy atom. The van der Waals surface area contributed by atoms with Crippen LogP contribution in [0, 0.1) is 18.8 Å². The number of anilines is 2. The van der Waals surface area contributed by atoms with E-state index in [0.717, 1.165) is 23.1 Å². The number of rotatable bonds is 3. The zero-order valence-electron chi connectivity index (χ0n) is 12.1. The van der Waals surface area contributed by atoms with Gasteiger partial charge in [-0.05, 0) is 55.7 Å². The van der Waals surface area contributed by atoms with Crippen molar-refractivity contribution in [2.45, 2.75) is 38.6 Å². The van der Waals surface area contributed by atoms with E-state index in [2.05, 4.69) is 5.32 Å². The van der Waals surface area contributed by atoms with Gasteiger partial charge in [0.2, 0.25) is 0 Å². The Labute approximate surface area is 119 Å². The quantitative estimate of drug-likeness (QED) is 0.657. The van der Waals surface area contributed by atoms with E-state index >= 15 is 0 Å². The molecule has 0 aliphatic heterocycles. The van der Waals surface area contributed by atoms with E-state index in [4.69, 9.17) is 10.5 Å². The fourth-order valence-corrected chi connectivity index (χ4v) is 3.80. The summed E-state index contributed by atoms with van der Waals surface area (Å²) in [5.74, 6) is 1.31. The Morgan fingerprint density at radius 2 is 2.15 bits per heavy atom. The molecule has 0 aromatic heterocycles. The number of fused-ring (bicyclic) bond motifs is 2. The van der Waals surface area contributed by atoms with Gasteiger partial charge in [-0.1, -0.05) is 6.42 Å². The SMILES string of the molecule is COC(=O)c1cc(NC2CC3CCC2C3)cc(C)c1N. The summed E-state index contributed by atoms with van der Waals surface area (Å²) in [6.07, 6.45) is 5.33. The minimum atomic E-state index is -0.373. The number of methoxy groups -OCH3 is 1. The van der Waals surface area contributed by atoms with Crippen LogP contribution in [-0.4, -0.2) is 19.1 Å². The van der Waals surface area contributed by atoms with Crippen molar-refractivity contribution < 1.29 is 9.53 Å². The fraction of sp³-hybridized carbons (Fsp3) is 0.562. The summed E-state index contributed by atoms with van der Waals surface area (Å²) in [6, 6.07) is 4.38.